The maximum atomic E-state index is 2.48. The highest BCUT2D eigenvalue weighted by molar-refractivity contribution is 6.32. The number of para-hydroxylation sites is 8. The van der Waals surface area contributed by atoms with Gasteiger partial charge in [-0.1, -0.05) is 206 Å². The lowest BCUT2D eigenvalue weighted by Gasteiger charge is -2.21. The molecule has 0 unspecified atom stereocenters. The molecule has 14 aromatic carbocycles. The van der Waals surface area contributed by atoms with Crippen molar-refractivity contribution < 1.29 is 0 Å². The van der Waals surface area contributed by atoms with Gasteiger partial charge in [0.25, 0.3) is 0 Å². The number of fused-ring (bicyclic) bond motifs is 22. The fourth-order valence-corrected chi connectivity index (χ4v) is 15.9. The molecule has 0 spiro atoms. The quantitative estimate of drug-likeness (QED) is 0.167. The van der Waals surface area contributed by atoms with Crippen LogP contribution in [0.1, 0.15) is 0 Å². The highest BCUT2D eigenvalue weighted by atomic mass is 15.0. The first-order valence-corrected chi connectivity index (χ1v) is 30.5. The molecule has 88 heavy (non-hydrogen) atoms. The van der Waals surface area contributed by atoms with Gasteiger partial charge < -0.3 is 18.3 Å². The number of aromatic nitrogens is 4. The zero-order chi connectivity index (χ0) is 57.3. The Kier molecular flexibility index (Phi) is 9.69. The second-order valence-electron chi connectivity index (χ2n) is 23.9. The van der Waals surface area contributed by atoms with E-state index in [0.29, 0.717) is 0 Å². The van der Waals surface area contributed by atoms with Crippen LogP contribution in [0.5, 0.6) is 0 Å². The molecule has 0 aliphatic heterocycles. The van der Waals surface area contributed by atoms with E-state index in [4.69, 9.17) is 0 Å². The second kappa shape index (κ2) is 17.9. The first kappa shape index (κ1) is 47.6. The Bertz CT molecular complexity index is 5450. The van der Waals surface area contributed by atoms with Crippen molar-refractivity contribution in [3.63, 3.8) is 0 Å². The molecule has 0 fully saturated rings. The Morgan fingerprint density at radius 1 is 0.125 bits per heavy atom. The summed E-state index contributed by atoms with van der Waals surface area (Å²) in [4.78, 5) is 0. The number of hydrogen-bond acceptors (Lipinski definition) is 0. The van der Waals surface area contributed by atoms with E-state index in [1.807, 2.05) is 0 Å². The van der Waals surface area contributed by atoms with Gasteiger partial charge in [-0.3, -0.25) is 0 Å². The number of benzene rings is 14. The average Bonchev–Trinajstić information content (AvgIpc) is 0.930. The van der Waals surface area contributed by atoms with Gasteiger partial charge in [-0.2, -0.15) is 0 Å². The molecule has 406 valence electrons. The first-order chi connectivity index (χ1) is 43.7. The molecule has 4 aromatic heterocycles. The SMILES string of the molecule is c1cc2c3c(c1)c1ccc(-n4c5ccccc5c5ccccc54)cc1c1cc(-n4c5ccccc5c5ccccc54)ccc1c1cccc(c1-3)c1ccc(-n3c4ccccc4c4ccccc43)cc1c1cc(-n3c4ccccc4c4ccccc43)ccc21. The van der Waals surface area contributed by atoms with E-state index in [0.717, 1.165) is 22.7 Å². The van der Waals surface area contributed by atoms with Crippen LogP contribution in [0.4, 0.5) is 0 Å². The van der Waals surface area contributed by atoms with Crippen LogP contribution in [0.15, 0.2) is 303 Å². The summed E-state index contributed by atoms with van der Waals surface area (Å²) in [6, 6.07) is 114. The highest BCUT2D eigenvalue weighted by Gasteiger charge is 2.24. The summed E-state index contributed by atoms with van der Waals surface area (Å²) < 4.78 is 9.88. The Labute approximate surface area is 504 Å². The molecule has 0 amide bonds. The van der Waals surface area contributed by atoms with Crippen LogP contribution in [-0.2, 0) is 0 Å². The van der Waals surface area contributed by atoms with Gasteiger partial charge in [-0.25, -0.2) is 0 Å². The highest BCUT2D eigenvalue weighted by Crippen LogP contribution is 2.50. The van der Waals surface area contributed by atoms with Crippen LogP contribution in [-0.4, -0.2) is 18.3 Å². The molecule has 4 heteroatoms. The third kappa shape index (κ3) is 6.47. The minimum Gasteiger partial charge on any atom is -0.309 e. The van der Waals surface area contributed by atoms with Crippen LogP contribution in [0.25, 0.3) is 186 Å². The van der Waals surface area contributed by atoms with Crippen molar-refractivity contribution in [3.05, 3.63) is 303 Å². The average molecular weight is 1120 g/mol. The summed E-state index contributed by atoms with van der Waals surface area (Å²) in [6.07, 6.45) is 0. The van der Waals surface area contributed by atoms with Gasteiger partial charge in [-0.15, -0.1) is 0 Å². The predicted molar refractivity (Wildman–Crippen MR) is 374 cm³/mol. The first-order valence-electron chi connectivity index (χ1n) is 30.5. The number of rotatable bonds is 4. The largest absolute Gasteiger partial charge is 0.309 e. The zero-order valence-corrected chi connectivity index (χ0v) is 47.7. The van der Waals surface area contributed by atoms with E-state index in [1.54, 1.807) is 0 Å². The molecule has 0 bridgehead atoms. The topological polar surface area (TPSA) is 19.7 Å². The summed E-state index contributed by atoms with van der Waals surface area (Å²) in [5, 5.41) is 24.2. The van der Waals surface area contributed by atoms with Crippen LogP contribution in [0.3, 0.4) is 0 Å². The fourth-order valence-electron chi connectivity index (χ4n) is 15.9. The number of hydrogen-bond donors (Lipinski definition) is 0. The van der Waals surface area contributed by atoms with Gasteiger partial charge in [0.05, 0.1) is 44.1 Å². The molecule has 0 saturated heterocycles. The van der Waals surface area contributed by atoms with E-state index >= 15 is 0 Å². The van der Waals surface area contributed by atoms with Crippen molar-refractivity contribution in [2.24, 2.45) is 0 Å². The number of nitrogens with zero attached hydrogens (tertiary/aromatic N) is 4. The standard InChI is InChI=1S/C84H50N4/c1-9-31-75-59(19-1)60-20-2-10-32-76(60)85(75)51-39-43-55-67-27-17-29-69-57-45-41-53(87-79-35-13-5-23-63(79)64-24-6-14-36-80(64)87)49-73(57)74-50-54(88-81-37-15-7-25-65(81)66-26-8-16-38-82(66)88)42-46-58(74)70-30-18-28-68(84(70)83(67)69)56-44-40-52(48-72(56)71(55)47-51)86-77-33-11-3-21-61(77)62-22-4-12-34-78(62)86/h1-50H. The van der Waals surface area contributed by atoms with Crippen molar-refractivity contribution in [2.75, 3.05) is 0 Å². The van der Waals surface area contributed by atoms with E-state index in [-0.39, 0.29) is 0 Å². The minimum absolute atomic E-state index is 1.12. The van der Waals surface area contributed by atoms with Gasteiger partial charge in [0, 0.05) is 65.8 Å². The van der Waals surface area contributed by atoms with Gasteiger partial charge >= 0.3 is 0 Å². The van der Waals surface area contributed by atoms with E-state index < -0.39 is 0 Å². The lowest BCUT2D eigenvalue weighted by atomic mass is 9.83. The molecular weight excluding hydrogens is 1060 g/mol. The molecule has 0 N–H and O–H groups in total. The molecule has 18 aromatic rings. The monoisotopic (exact) mass is 1110 g/mol. The maximum absolute atomic E-state index is 2.48. The van der Waals surface area contributed by atoms with E-state index in [2.05, 4.69) is 322 Å². The van der Waals surface area contributed by atoms with Crippen molar-refractivity contribution in [1.29, 1.82) is 0 Å². The summed E-state index contributed by atoms with van der Waals surface area (Å²) in [5.41, 5.74) is 16.4. The predicted octanol–water partition coefficient (Wildman–Crippen LogP) is 22.7. The van der Waals surface area contributed by atoms with E-state index in [1.165, 1.54) is 163 Å². The van der Waals surface area contributed by atoms with Crippen LogP contribution >= 0.6 is 0 Å². The van der Waals surface area contributed by atoms with Crippen molar-refractivity contribution in [2.45, 2.75) is 0 Å². The summed E-state index contributed by atoms with van der Waals surface area (Å²) in [7, 11) is 0. The van der Waals surface area contributed by atoms with Crippen molar-refractivity contribution in [3.8, 4) is 33.9 Å². The van der Waals surface area contributed by atoms with Crippen molar-refractivity contribution >= 4 is 152 Å². The molecule has 2 aliphatic rings. The minimum atomic E-state index is 1.12. The second-order valence-corrected chi connectivity index (χ2v) is 23.9. The Morgan fingerprint density at radius 3 is 0.489 bits per heavy atom. The molecule has 20 rings (SSSR count). The van der Waals surface area contributed by atoms with Gasteiger partial charge in [-0.05, 0) is 173 Å². The van der Waals surface area contributed by atoms with Gasteiger partial charge in [0.2, 0.25) is 0 Å². The van der Waals surface area contributed by atoms with Crippen LogP contribution in [0.2, 0.25) is 0 Å². The van der Waals surface area contributed by atoms with Crippen LogP contribution < -0.4 is 0 Å². The third-order valence-corrected chi connectivity index (χ3v) is 19.5. The Hall–Kier alpha value is -11.7. The molecule has 4 nitrogen and oxygen atoms in total. The summed E-state index contributed by atoms with van der Waals surface area (Å²) >= 11 is 0. The lowest BCUT2D eigenvalue weighted by Crippen LogP contribution is -1.98. The molecule has 0 atom stereocenters. The summed E-state index contributed by atoms with van der Waals surface area (Å²) in [6.45, 7) is 0. The molecule has 0 saturated carbocycles. The van der Waals surface area contributed by atoms with Crippen molar-refractivity contribution in [1.82, 2.24) is 18.3 Å². The van der Waals surface area contributed by atoms with E-state index in [9.17, 15) is 0 Å². The normalized spacial score (nSPS) is 12.3. The summed E-state index contributed by atoms with van der Waals surface area (Å²) in [5.74, 6) is 0. The fraction of sp³-hybridized carbons (Fsp3) is 0. The molecule has 0 radical (unpaired) electrons. The maximum Gasteiger partial charge on any atom is 0.0541 e. The molecule has 2 aliphatic carbocycles. The Balaban J connectivity index is 0.985. The smallest absolute Gasteiger partial charge is 0.0541 e. The lowest BCUT2D eigenvalue weighted by molar-refractivity contribution is 1.18. The molecular formula is C84H50N4. The third-order valence-electron chi connectivity index (χ3n) is 19.5. The molecule has 4 heterocycles. The Morgan fingerprint density at radius 2 is 0.295 bits per heavy atom. The van der Waals surface area contributed by atoms with Crippen LogP contribution in [0, 0.1) is 0 Å². The van der Waals surface area contributed by atoms with Gasteiger partial charge in [0.1, 0.15) is 0 Å². The van der Waals surface area contributed by atoms with Gasteiger partial charge in [0.15, 0.2) is 0 Å². The zero-order valence-electron chi connectivity index (χ0n) is 47.7.